The number of nitrogens with one attached hydrogen (secondary N) is 1. The highest BCUT2D eigenvalue weighted by Gasteiger charge is 2.69. The first kappa shape index (κ1) is 21.2. The maximum Gasteiger partial charge on any atom is 0.305 e. The van der Waals surface area contributed by atoms with Crippen LogP contribution in [0.2, 0.25) is 10.0 Å². The van der Waals surface area contributed by atoms with Gasteiger partial charge < -0.3 is 4.98 Å². The van der Waals surface area contributed by atoms with Crippen LogP contribution in [-0.2, 0) is 9.59 Å². The van der Waals surface area contributed by atoms with Gasteiger partial charge in [-0.2, -0.15) is 0 Å². The summed E-state index contributed by atoms with van der Waals surface area (Å²) < 4.78 is 0. The van der Waals surface area contributed by atoms with Gasteiger partial charge in [0, 0.05) is 26.1 Å². The Bertz CT molecular complexity index is 1400. The summed E-state index contributed by atoms with van der Waals surface area (Å²) in [6.45, 7) is 0. The molecule has 2 aromatic carbocycles. The van der Waals surface area contributed by atoms with Gasteiger partial charge in [-0.3, -0.25) is 19.3 Å². The molecule has 2 aliphatic carbocycles. The lowest BCUT2D eigenvalue weighted by atomic mass is 9.68. The number of anilines is 1. The molecular formula is C25H18Cl2N2O3S2. The zero-order chi connectivity index (χ0) is 23.3. The standard InChI is InChI=1S/C25H18Cl2N2O3S2/c26-11-3-1-10(2-4-11)16-17-14-9-15(20(17)33-22-21(16)34-25(32)28-22)19-18(14)23(30)29(24(19)31)13-7-5-12(27)6-8-13/h1-8,14-20H,9H2,(H,28,32)/t14-,15+,16-,17+,18-,19+,20-/m1/s1. The third-order valence-electron chi connectivity index (χ3n) is 8.04. The molecule has 7 atom stereocenters. The monoisotopic (exact) mass is 528 g/mol. The summed E-state index contributed by atoms with van der Waals surface area (Å²) >= 11 is 15.2. The molecule has 0 unspecified atom stereocenters. The lowest BCUT2D eigenvalue weighted by Gasteiger charge is -2.43. The number of thiazole rings is 1. The fourth-order valence-corrected chi connectivity index (χ4v) is 10.0. The van der Waals surface area contributed by atoms with Crippen LogP contribution in [0.4, 0.5) is 5.69 Å². The number of carbonyl (C=O) groups is 2. The smallest absolute Gasteiger partial charge is 0.305 e. The van der Waals surface area contributed by atoms with Gasteiger partial charge in [0.15, 0.2) is 0 Å². The molecule has 1 aromatic heterocycles. The minimum Gasteiger partial charge on any atom is -0.307 e. The van der Waals surface area contributed by atoms with Crippen molar-refractivity contribution in [3.05, 3.63) is 78.7 Å². The molecule has 3 fully saturated rings. The predicted molar refractivity (Wildman–Crippen MR) is 134 cm³/mol. The highest BCUT2D eigenvalue weighted by Crippen LogP contribution is 2.68. The first-order valence-corrected chi connectivity index (χ1v) is 13.7. The van der Waals surface area contributed by atoms with Crippen molar-refractivity contribution in [1.82, 2.24) is 4.98 Å². The quantitative estimate of drug-likeness (QED) is 0.450. The number of halogens is 2. The maximum absolute atomic E-state index is 13.7. The Hall–Kier alpha value is -2.06. The molecular weight excluding hydrogens is 511 g/mol. The molecule has 1 N–H and O–H groups in total. The van der Waals surface area contributed by atoms with Crippen molar-refractivity contribution in [1.29, 1.82) is 0 Å². The van der Waals surface area contributed by atoms with E-state index in [-0.39, 0.29) is 57.4 Å². The van der Waals surface area contributed by atoms with Gasteiger partial charge in [0.05, 0.1) is 22.5 Å². The summed E-state index contributed by atoms with van der Waals surface area (Å²) in [6.07, 6.45) is 0.868. The number of amides is 2. The summed E-state index contributed by atoms with van der Waals surface area (Å²) in [5.41, 5.74) is 1.69. The first-order chi connectivity index (χ1) is 16.4. The van der Waals surface area contributed by atoms with Crippen molar-refractivity contribution in [2.45, 2.75) is 22.6 Å². The van der Waals surface area contributed by atoms with Crippen LogP contribution in [0, 0.1) is 29.6 Å². The van der Waals surface area contributed by atoms with Crippen LogP contribution in [0.3, 0.4) is 0 Å². The SMILES string of the molecule is O=C1[C@@H]2[C@@H]3C[C@H]([C@H]4Sc5[nH]c(=O)sc5[C@H](c5ccc(Cl)cc5)[C@H]34)[C@@H]2C(=O)N1c1ccc(Cl)cc1. The van der Waals surface area contributed by atoms with Gasteiger partial charge in [-0.1, -0.05) is 46.7 Å². The summed E-state index contributed by atoms with van der Waals surface area (Å²) in [6, 6.07) is 14.7. The van der Waals surface area contributed by atoms with Crippen LogP contribution in [-0.4, -0.2) is 22.0 Å². The number of hydrogen-bond acceptors (Lipinski definition) is 5. The summed E-state index contributed by atoms with van der Waals surface area (Å²) in [5.74, 6) is -0.448. The van der Waals surface area contributed by atoms with Crippen LogP contribution in [0.5, 0.6) is 0 Å². The number of hydrogen-bond donors (Lipinski definition) is 1. The number of nitrogens with zero attached hydrogens (tertiary/aromatic N) is 1. The molecule has 3 aromatic rings. The first-order valence-electron chi connectivity index (χ1n) is 11.2. The van der Waals surface area contributed by atoms with Gasteiger partial charge in [0.25, 0.3) is 0 Å². The van der Waals surface area contributed by atoms with Crippen molar-refractivity contribution < 1.29 is 9.59 Å². The van der Waals surface area contributed by atoms with Gasteiger partial charge >= 0.3 is 4.87 Å². The zero-order valence-corrected chi connectivity index (χ0v) is 20.8. The zero-order valence-electron chi connectivity index (χ0n) is 17.6. The van der Waals surface area contributed by atoms with Gasteiger partial charge in [-0.15, -0.1) is 11.8 Å². The van der Waals surface area contributed by atoms with E-state index in [2.05, 4.69) is 4.98 Å². The molecule has 7 rings (SSSR count). The molecule has 2 saturated carbocycles. The van der Waals surface area contributed by atoms with Gasteiger partial charge in [-0.25, -0.2) is 0 Å². The van der Waals surface area contributed by atoms with Crippen LogP contribution < -0.4 is 9.77 Å². The maximum atomic E-state index is 13.7. The molecule has 0 spiro atoms. The van der Waals surface area contributed by atoms with E-state index >= 15 is 0 Å². The lowest BCUT2D eigenvalue weighted by Crippen LogP contribution is -2.42. The molecule has 1 saturated heterocycles. The molecule has 34 heavy (non-hydrogen) atoms. The van der Waals surface area contributed by atoms with E-state index in [4.69, 9.17) is 23.2 Å². The number of H-pyrrole nitrogens is 1. The Balaban J connectivity index is 1.32. The van der Waals surface area contributed by atoms with E-state index in [0.717, 1.165) is 21.9 Å². The normalized spacial score (nSPS) is 33.2. The van der Waals surface area contributed by atoms with E-state index in [1.54, 1.807) is 36.0 Å². The number of aromatic nitrogens is 1. The molecule has 0 radical (unpaired) electrons. The largest absolute Gasteiger partial charge is 0.307 e. The third-order valence-corrected chi connectivity index (χ3v) is 11.1. The summed E-state index contributed by atoms with van der Waals surface area (Å²) in [4.78, 5) is 44.9. The van der Waals surface area contributed by atoms with Crippen LogP contribution in [0.15, 0.2) is 58.4 Å². The highest BCUT2D eigenvalue weighted by molar-refractivity contribution is 8.00. The van der Waals surface area contributed by atoms with Gasteiger partial charge in [0.1, 0.15) is 0 Å². The van der Waals surface area contributed by atoms with Crippen molar-refractivity contribution in [2.24, 2.45) is 29.6 Å². The summed E-state index contributed by atoms with van der Waals surface area (Å²) in [5, 5.41) is 2.31. The number of aromatic amines is 1. The van der Waals surface area contributed by atoms with E-state index in [0.29, 0.717) is 15.7 Å². The predicted octanol–water partition coefficient (Wildman–Crippen LogP) is 5.42. The molecule has 4 aliphatic rings. The van der Waals surface area contributed by atoms with Crippen LogP contribution >= 0.6 is 46.3 Å². The minimum absolute atomic E-state index is 0.00546. The molecule has 3 heterocycles. The number of thioether (sulfide) groups is 1. The van der Waals surface area contributed by atoms with Gasteiger partial charge in [-0.05, 0) is 66.1 Å². The van der Waals surface area contributed by atoms with Crippen LogP contribution in [0.25, 0.3) is 0 Å². The Kier molecular flexibility index (Phi) is 4.67. The number of benzene rings is 2. The molecule has 9 heteroatoms. The van der Waals surface area contributed by atoms with E-state index in [9.17, 15) is 14.4 Å². The molecule has 2 amide bonds. The van der Waals surface area contributed by atoms with E-state index in [1.165, 1.54) is 16.2 Å². The molecule has 2 bridgehead atoms. The number of imide groups is 1. The second-order valence-electron chi connectivity index (χ2n) is 9.50. The van der Waals surface area contributed by atoms with Crippen LogP contribution in [0.1, 0.15) is 22.8 Å². The third kappa shape index (κ3) is 2.84. The van der Waals surface area contributed by atoms with Crippen molar-refractivity contribution in [3.63, 3.8) is 0 Å². The lowest BCUT2D eigenvalue weighted by molar-refractivity contribution is -0.123. The van der Waals surface area contributed by atoms with E-state index < -0.39 is 0 Å². The van der Waals surface area contributed by atoms with Crippen molar-refractivity contribution in [3.8, 4) is 0 Å². The Morgan fingerprint density at radius 2 is 1.47 bits per heavy atom. The number of carbonyl (C=O) groups excluding carboxylic acids is 2. The summed E-state index contributed by atoms with van der Waals surface area (Å²) in [7, 11) is 0. The van der Waals surface area contributed by atoms with E-state index in [1.807, 2.05) is 24.3 Å². The van der Waals surface area contributed by atoms with Crippen molar-refractivity contribution in [2.75, 3.05) is 4.90 Å². The Labute approximate surface area is 213 Å². The molecule has 2 aliphatic heterocycles. The average Bonchev–Trinajstić information content (AvgIpc) is 3.54. The molecule has 172 valence electrons. The number of fused-ring (bicyclic) bond motifs is 9. The van der Waals surface area contributed by atoms with Crippen molar-refractivity contribution >= 4 is 63.8 Å². The Morgan fingerprint density at radius 1 is 0.853 bits per heavy atom. The van der Waals surface area contributed by atoms with Gasteiger partial charge in [0.2, 0.25) is 11.8 Å². The molecule has 5 nitrogen and oxygen atoms in total. The number of rotatable bonds is 2. The Morgan fingerprint density at radius 3 is 2.15 bits per heavy atom. The topological polar surface area (TPSA) is 70.2 Å². The minimum atomic E-state index is -0.318. The second-order valence-corrected chi connectivity index (χ2v) is 12.6. The second kappa shape index (κ2) is 7.47. The highest BCUT2D eigenvalue weighted by atomic mass is 35.5. The average molecular weight is 529 g/mol. The fourth-order valence-electron chi connectivity index (χ4n) is 6.90. The fraction of sp³-hybridized carbons (Fsp3) is 0.320.